The van der Waals surface area contributed by atoms with Crippen LogP contribution in [0.25, 0.3) is 0 Å². The number of carbonyl (C=O) groups excluding carboxylic acids is 2. The Morgan fingerprint density at radius 3 is 2.50 bits per heavy atom. The van der Waals surface area contributed by atoms with Gasteiger partial charge in [-0.1, -0.05) is 26.8 Å². The van der Waals surface area contributed by atoms with Crippen LogP contribution in [0.3, 0.4) is 0 Å². The van der Waals surface area contributed by atoms with Crippen molar-refractivity contribution < 1.29 is 42.1 Å². The Kier molecular flexibility index (Phi) is 9.15. The van der Waals surface area contributed by atoms with Gasteiger partial charge in [-0.2, -0.15) is 0 Å². The Balaban J connectivity index is 2.02. The molecule has 0 saturated carbocycles. The number of phenols is 1. The average molecular weight is 552 g/mol. The van der Waals surface area contributed by atoms with Crippen LogP contribution in [-0.2, 0) is 25.8 Å². The van der Waals surface area contributed by atoms with Gasteiger partial charge in [0.1, 0.15) is 28.7 Å². The van der Waals surface area contributed by atoms with E-state index in [1.807, 2.05) is 0 Å². The summed E-state index contributed by atoms with van der Waals surface area (Å²) < 4.78 is 48.8. The summed E-state index contributed by atoms with van der Waals surface area (Å²) >= 11 is 0. The quantitative estimate of drug-likeness (QED) is 0.287. The number of nitrogens with two attached hydrogens (primary N) is 1. The minimum Gasteiger partial charge on any atom is -0.505 e. The number of likely N-dealkylation sites (N-methyl/N-ethyl adjacent to an activating group) is 1. The molecule has 2 amide bonds. The molecule has 2 atom stereocenters. The van der Waals surface area contributed by atoms with E-state index < -0.39 is 39.2 Å². The van der Waals surface area contributed by atoms with Gasteiger partial charge in [0, 0.05) is 19.5 Å². The Morgan fingerprint density at radius 1 is 1.16 bits per heavy atom. The maximum atomic E-state index is 13.7. The number of fused-ring (bicyclic) bond motifs is 1. The molecule has 0 radical (unpaired) electrons. The van der Waals surface area contributed by atoms with E-state index in [1.54, 1.807) is 26.8 Å². The molecule has 5 N–H and O–H groups in total. The fourth-order valence-electron chi connectivity index (χ4n) is 3.88. The first kappa shape index (κ1) is 28.7. The van der Waals surface area contributed by atoms with Gasteiger partial charge in [-0.15, -0.1) is 0 Å². The first-order valence-electron chi connectivity index (χ1n) is 12.0. The van der Waals surface area contributed by atoms with E-state index in [9.17, 15) is 23.1 Å². The summed E-state index contributed by atoms with van der Waals surface area (Å²) in [6.45, 7) is 4.84. The van der Waals surface area contributed by atoms with Crippen molar-refractivity contribution in [1.29, 1.82) is 0 Å². The van der Waals surface area contributed by atoms with Crippen LogP contribution < -0.4 is 30.6 Å². The zero-order valence-corrected chi connectivity index (χ0v) is 22.5. The maximum Gasteiger partial charge on any atom is 0.404 e. The molecule has 0 spiro atoms. The summed E-state index contributed by atoms with van der Waals surface area (Å²) in [7, 11) is -2.58. The second kappa shape index (κ2) is 12.1. The Morgan fingerprint density at radius 2 is 1.87 bits per heavy atom. The highest BCUT2D eigenvalue weighted by molar-refractivity contribution is 7.92. The Bertz CT molecular complexity index is 1280. The number of sulfone groups is 1. The Labute approximate surface area is 221 Å². The minimum absolute atomic E-state index is 0.00247. The lowest BCUT2D eigenvalue weighted by Crippen LogP contribution is -2.35. The number of phenolic OH excluding ortho intramolecular Hbond substituents is 1. The monoisotopic (exact) mass is 551 g/mol. The molecule has 12 nitrogen and oxygen atoms in total. The topological polar surface area (TPSA) is 176 Å². The van der Waals surface area contributed by atoms with Crippen molar-refractivity contribution in [3.05, 3.63) is 35.9 Å². The van der Waals surface area contributed by atoms with Gasteiger partial charge in [-0.25, -0.2) is 13.2 Å². The lowest BCUT2D eigenvalue weighted by molar-refractivity contribution is -0.122. The second-order valence-corrected chi connectivity index (χ2v) is 11.0. The number of rotatable bonds is 12. The zero-order chi connectivity index (χ0) is 28.0. The van der Waals surface area contributed by atoms with E-state index in [2.05, 4.69) is 10.6 Å². The van der Waals surface area contributed by atoms with Gasteiger partial charge in [0.2, 0.25) is 6.79 Å². The van der Waals surface area contributed by atoms with Crippen LogP contribution in [0.15, 0.2) is 35.2 Å². The number of nitrogens with one attached hydrogen (secondary N) is 2. The molecule has 0 aliphatic carbocycles. The third-order valence-electron chi connectivity index (χ3n) is 5.95. The number of hydrogen-bond acceptors (Lipinski definition) is 10. The number of carbonyl (C=O) groups is 2. The number of amides is 2. The van der Waals surface area contributed by atoms with Gasteiger partial charge in [0.25, 0.3) is 5.91 Å². The van der Waals surface area contributed by atoms with Crippen LogP contribution in [0.2, 0.25) is 0 Å². The molecule has 2 aromatic rings. The summed E-state index contributed by atoms with van der Waals surface area (Å²) in [6.07, 6.45) is -1.04. The van der Waals surface area contributed by atoms with Gasteiger partial charge >= 0.3 is 6.09 Å². The molecule has 13 heteroatoms. The minimum atomic E-state index is -4.02. The normalized spacial score (nSPS) is 14.0. The van der Waals surface area contributed by atoms with E-state index in [0.29, 0.717) is 23.5 Å². The van der Waals surface area contributed by atoms with E-state index in [0.717, 1.165) is 0 Å². The molecule has 3 rings (SSSR count). The smallest absolute Gasteiger partial charge is 0.404 e. The van der Waals surface area contributed by atoms with E-state index in [1.165, 1.54) is 31.3 Å². The number of anilines is 1. The molecule has 2 aromatic carbocycles. The van der Waals surface area contributed by atoms with Crippen LogP contribution in [0, 0.1) is 5.92 Å². The van der Waals surface area contributed by atoms with Crippen molar-refractivity contribution in [2.24, 2.45) is 11.7 Å². The zero-order valence-electron chi connectivity index (χ0n) is 21.6. The standard InChI is InChI=1S/C25H33N3O9S/c1-5-16(37-25(26)31)10-15-6-8-19(34-12-21(29)27-4)22(23(15)30)28-24(14(2)3)38(32,33)17-7-9-18-20(11-17)36-13-35-18/h6-9,11,14,16,24,28,30H,5,10,12-13H2,1-4H3,(H2,26,31)(H,27,29). The van der Waals surface area contributed by atoms with Gasteiger partial charge in [-0.3, -0.25) is 4.79 Å². The molecule has 0 bridgehead atoms. The SMILES string of the molecule is CCC(Cc1ccc(OCC(=O)NC)c(NC(C(C)C)S(=O)(=O)c2ccc3c(c2)OCO3)c1O)OC(N)=O. The first-order valence-corrected chi connectivity index (χ1v) is 13.6. The summed E-state index contributed by atoms with van der Waals surface area (Å²) in [5.74, 6) is -0.386. The fraction of sp³-hybridized carbons (Fsp3) is 0.440. The number of primary amides is 1. The summed E-state index contributed by atoms with van der Waals surface area (Å²) in [6, 6.07) is 7.38. The van der Waals surface area contributed by atoms with E-state index >= 15 is 0 Å². The number of hydrogen-bond donors (Lipinski definition) is 4. The molecule has 208 valence electrons. The van der Waals surface area contributed by atoms with Crippen LogP contribution in [-0.4, -0.2) is 57.5 Å². The third-order valence-corrected chi connectivity index (χ3v) is 8.19. The van der Waals surface area contributed by atoms with E-state index in [-0.39, 0.29) is 41.9 Å². The van der Waals surface area contributed by atoms with Gasteiger partial charge in [-0.05, 0) is 36.1 Å². The predicted octanol–water partition coefficient (Wildman–Crippen LogP) is 2.53. The van der Waals surface area contributed by atoms with Gasteiger partial charge < -0.3 is 40.4 Å². The highest BCUT2D eigenvalue weighted by Gasteiger charge is 2.34. The van der Waals surface area contributed by atoms with Crippen molar-refractivity contribution in [1.82, 2.24) is 5.32 Å². The molecular weight excluding hydrogens is 518 g/mol. The van der Waals surface area contributed by atoms with Gasteiger partial charge in [0.05, 0.1) is 4.90 Å². The summed E-state index contributed by atoms with van der Waals surface area (Å²) in [4.78, 5) is 23.1. The lowest BCUT2D eigenvalue weighted by atomic mass is 10.0. The molecule has 2 unspecified atom stereocenters. The molecule has 0 saturated heterocycles. The third kappa shape index (κ3) is 6.52. The highest BCUT2D eigenvalue weighted by Crippen LogP contribution is 2.41. The second-order valence-electron chi connectivity index (χ2n) is 8.95. The highest BCUT2D eigenvalue weighted by atomic mass is 32.2. The summed E-state index contributed by atoms with van der Waals surface area (Å²) in [5.41, 5.74) is 5.49. The molecule has 38 heavy (non-hydrogen) atoms. The van der Waals surface area contributed by atoms with Crippen molar-refractivity contribution in [3.8, 4) is 23.0 Å². The number of ether oxygens (including phenoxy) is 4. The molecule has 0 aromatic heterocycles. The van der Waals surface area contributed by atoms with E-state index in [4.69, 9.17) is 24.7 Å². The Hall–Kier alpha value is -3.87. The molecular formula is C25H33N3O9S. The molecule has 1 aliphatic rings. The van der Waals surface area contributed by atoms with Crippen molar-refractivity contribution >= 4 is 27.5 Å². The predicted molar refractivity (Wildman–Crippen MR) is 138 cm³/mol. The van der Waals surface area contributed by atoms with Gasteiger partial charge in [0.15, 0.2) is 27.9 Å². The van der Waals surface area contributed by atoms with Crippen LogP contribution >= 0.6 is 0 Å². The van der Waals surface area contributed by atoms with Crippen molar-refractivity contribution in [3.63, 3.8) is 0 Å². The van der Waals surface area contributed by atoms with Crippen molar-refractivity contribution in [2.75, 3.05) is 25.8 Å². The fourth-order valence-corrected chi connectivity index (χ4v) is 5.69. The largest absolute Gasteiger partial charge is 0.505 e. The summed E-state index contributed by atoms with van der Waals surface area (Å²) in [5, 5.41) is 15.4. The van der Waals surface area contributed by atoms with Crippen LogP contribution in [0.4, 0.5) is 10.5 Å². The number of aromatic hydroxyl groups is 1. The molecule has 1 aliphatic heterocycles. The van der Waals surface area contributed by atoms with Crippen LogP contribution in [0.1, 0.15) is 32.8 Å². The lowest BCUT2D eigenvalue weighted by Gasteiger charge is -2.26. The average Bonchev–Trinajstić information content (AvgIpc) is 3.35. The maximum absolute atomic E-state index is 13.7. The molecule has 0 fully saturated rings. The van der Waals surface area contributed by atoms with Crippen molar-refractivity contribution in [2.45, 2.75) is 50.0 Å². The molecule has 1 heterocycles. The number of benzene rings is 2. The van der Waals surface area contributed by atoms with Crippen LogP contribution in [0.5, 0.6) is 23.0 Å². The first-order chi connectivity index (χ1) is 18.0.